The normalized spacial score (nSPS) is 24.2. The number of pyridine rings is 1. The van der Waals surface area contributed by atoms with Gasteiger partial charge in [-0.25, -0.2) is 4.79 Å². The quantitative estimate of drug-likeness (QED) is 0.219. The van der Waals surface area contributed by atoms with Gasteiger partial charge in [-0.3, -0.25) is 4.98 Å². The Hall–Kier alpha value is -3.35. The van der Waals surface area contributed by atoms with Crippen LogP contribution in [0.5, 0.6) is 5.75 Å². The van der Waals surface area contributed by atoms with Gasteiger partial charge in [0.25, 0.3) is 0 Å². The third-order valence-corrected chi connectivity index (χ3v) is 11.4. The second-order valence-electron chi connectivity index (χ2n) is 14.6. The van der Waals surface area contributed by atoms with Crippen molar-refractivity contribution in [2.45, 2.75) is 102 Å². The summed E-state index contributed by atoms with van der Waals surface area (Å²) in [5.74, 6) is 1.52. The molecule has 1 fully saturated rings. The van der Waals surface area contributed by atoms with E-state index in [1.165, 1.54) is 47.9 Å². The van der Waals surface area contributed by atoms with E-state index in [2.05, 4.69) is 62.3 Å². The minimum atomic E-state index is -0.839. The molecule has 6 nitrogen and oxygen atoms in total. The number of halogens is 1. The molecular formula is C40H49ClN2O4. The molecule has 1 saturated carbocycles. The van der Waals surface area contributed by atoms with E-state index in [-0.39, 0.29) is 11.4 Å². The van der Waals surface area contributed by atoms with E-state index in [0.29, 0.717) is 36.3 Å². The highest BCUT2D eigenvalue weighted by Crippen LogP contribution is 2.56. The third-order valence-electron chi connectivity index (χ3n) is 11.1. The lowest BCUT2D eigenvalue weighted by Crippen LogP contribution is -2.52. The number of esters is 1. The predicted molar refractivity (Wildman–Crippen MR) is 189 cm³/mol. The van der Waals surface area contributed by atoms with E-state index in [0.717, 1.165) is 42.7 Å². The summed E-state index contributed by atoms with van der Waals surface area (Å²) in [7, 11) is 3.24. The van der Waals surface area contributed by atoms with Gasteiger partial charge in [0.05, 0.1) is 19.3 Å². The highest BCUT2D eigenvalue weighted by molar-refractivity contribution is 6.30. The Morgan fingerprint density at radius 2 is 1.89 bits per heavy atom. The van der Waals surface area contributed by atoms with Crippen LogP contribution in [0, 0.1) is 5.92 Å². The van der Waals surface area contributed by atoms with E-state index in [1.54, 1.807) is 7.11 Å². The lowest BCUT2D eigenvalue weighted by molar-refractivity contribution is -0.147. The molecule has 1 spiro atoms. The van der Waals surface area contributed by atoms with Gasteiger partial charge in [-0.2, -0.15) is 0 Å². The Morgan fingerprint density at radius 3 is 2.62 bits per heavy atom. The van der Waals surface area contributed by atoms with Crippen molar-refractivity contribution in [3.8, 4) is 5.75 Å². The van der Waals surface area contributed by atoms with Crippen molar-refractivity contribution in [3.63, 3.8) is 0 Å². The summed E-state index contributed by atoms with van der Waals surface area (Å²) in [4.78, 5) is 18.2. The van der Waals surface area contributed by atoms with Gasteiger partial charge in [-0.15, -0.1) is 0 Å². The van der Waals surface area contributed by atoms with Crippen LogP contribution in [0.15, 0.2) is 60.3 Å². The van der Waals surface area contributed by atoms with Crippen LogP contribution in [0.1, 0.15) is 107 Å². The first-order valence-corrected chi connectivity index (χ1v) is 17.5. The number of nitrogens with zero attached hydrogens (tertiary/aromatic N) is 1. The average Bonchev–Trinajstić information content (AvgIpc) is 3.35. The second kappa shape index (κ2) is 13.3. The second-order valence-corrected chi connectivity index (χ2v) is 15.0. The van der Waals surface area contributed by atoms with Crippen LogP contribution >= 0.6 is 11.6 Å². The zero-order chi connectivity index (χ0) is 33.4. The Labute approximate surface area is 285 Å². The number of fused-ring (bicyclic) bond motifs is 3. The molecule has 0 radical (unpaired) electrons. The summed E-state index contributed by atoms with van der Waals surface area (Å²) in [6, 6.07) is 16.4. The van der Waals surface area contributed by atoms with Crippen molar-refractivity contribution in [3.05, 3.63) is 93.3 Å². The van der Waals surface area contributed by atoms with E-state index in [4.69, 9.17) is 25.8 Å². The van der Waals surface area contributed by atoms with E-state index < -0.39 is 11.1 Å². The Bertz CT molecular complexity index is 1660. The maximum atomic E-state index is 13.5. The van der Waals surface area contributed by atoms with Gasteiger partial charge in [0, 0.05) is 40.7 Å². The number of anilines is 1. The first-order valence-electron chi connectivity index (χ1n) is 17.1. The molecule has 3 aliphatic rings. The Balaban J connectivity index is 1.28. The highest BCUT2D eigenvalue weighted by atomic mass is 35.5. The summed E-state index contributed by atoms with van der Waals surface area (Å²) < 4.78 is 17.9. The van der Waals surface area contributed by atoms with Gasteiger partial charge in [-0.1, -0.05) is 61.4 Å². The van der Waals surface area contributed by atoms with Gasteiger partial charge in [-0.05, 0) is 118 Å². The molecule has 0 bridgehead atoms. The number of carbonyl (C=O) groups excluding carboxylic acids is 1. The molecule has 2 aromatic carbocycles. The van der Waals surface area contributed by atoms with Crippen LogP contribution in [0.4, 0.5) is 5.69 Å². The summed E-state index contributed by atoms with van der Waals surface area (Å²) >= 11 is 6.33. The molecule has 3 aliphatic carbocycles. The van der Waals surface area contributed by atoms with E-state index in [1.807, 2.05) is 36.5 Å². The number of carbonyl (C=O) groups is 1. The van der Waals surface area contributed by atoms with Crippen molar-refractivity contribution in [2.75, 3.05) is 26.1 Å². The molecule has 250 valence electrons. The van der Waals surface area contributed by atoms with Crippen molar-refractivity contribution >= 4 is 29.3 Å². The van der Waals surface area contributed by atoms with Crippen molar-refractivity contribution in [2.24, 2.45) is 5.92 Å². The lowest BCUT2D eigenvalue weighted by atomic mass is 9.61. The number of allylic oxidation sites excluding steroid dienone is 1. The number of nitrogens with one attached hydrogen (secondary N) is 1. The maximum Gasteiger partial charge on any atom is 0.331 e. The zero-order valence-electron chi connectivity index (χ0n) is 28.8. The molecule has 0 amide bonds. The fourth-order valence-electron chi connectivity index (χ4n) is 8.19. The van der Waals surface area contributed by atoms with Crippen LogP contribution < -0.4 is 10.1 Å². The first-order chi connectivity index (χ1) is 22.5. The third kappa shape index (κ3) is 6.44. The van der Waals surface area contributed by atoms with Gasteiger partial charge in [0.2, 0.25) is 0 Å². The fourth-order valence-corrected chi connectivity index (χ4v) is 8.38. The molecule has 47 heavy (non-hydrogen) atoms. The summed E-state index contributed by atoms with van der Waals surface area (Å²) in [5, 5.41) is 4.19. The van der Waals surface area contributed by atoms with Gasteiger partial charge < -0.3 is 19.5 Å². The Morgan fingerprint density at radius 1 is 1.11 bits per heavy atom. The molecule has 3 aromatic rings. The maximum absolute atomic E-state index is 13.5. The highest BCUT2D eigenvalue weighted by Gasteiger charge is 2.52. The van der Waals surface area contributed by atoms with Crippen molar-refractivity contribution in [1.82, 2.24) is 4.98 Å². The molecule has 0 unspecified atom stereocenters. The first kappa shape index (κ1) is 33.5. The SMILES string of the molecule is COC(=O)C1(Nc2cccc(Cl)c2)CCC2(CC1)C(C[C@@H](C)COc1ccnc3c1[C@H](C)CCC3)=Cc1ccc(C(C)(C)OC)cc12. The summed E-state index contributed by atoms with van der Waals surface area (Å²) in [6.45, 7) is 9.44. The molecule has 1 heterocycles. The molecule has 1 N–H and O–H groups in total. The van der Waals surface area contributed by atoms with Crippen molar-refractivity contribution < 1.29 is 19.0 Å². The molecular weight excluding hydrogens is 608 g/mol. The average molecular weight is 657 g/mol. The summed E-state index contributed by atoms with van der Waals surface area (Å²) in [6.07, 6.45) is 11.5. The summed E-state index contributed by atoms with van der Waals surface area (Å²) in [5.41, 5.74) is 7.03. The van der Waals surface area contributed by atoms with Crippen LogP contribution in [0.2, 0.25) is 5.02 Å². The predicted octanol–water partition coefficient (Wildman–Crippen LogP) is 9.39. The van der Waals surface area contributed by atoms with Gasteiger partial charge in [0.1, 0.15) is 11.3 Å². The topological polar surface area (TPSA) is 69.7 Å². The van der Waals surface area contributed by atoms with Crippen LogP contribution in [-0.2, 0) is 31.7 Å². The standard InChI is InChI=1S/C40H49ClN2O4/c1-26(25-47-35-15-20-42-34-12-7-9-27(2)36(34)35)21-30-22-28-13-14-29(38(3,4)46-6)23-33(28)39(30)16-18-40(19-17-39,37(44)45-5)43-32-11-8-10-31(41)24-32/h8,10-11,13-15,20,22-24,26-27,43H,7,9,12,16-19,21,25H2,1-6H3/t26-,27-,39?,40?/m1/s1. The Kier molecular flexibility index (Phi) is 9.48. The monoisotopic (exact) mass is 656 g/mol. The molecule has 0 aliphatic heterocycles. The van der Waals surface area contributed by atoms with E-state index in [9.17, 15) is 4.79 Å². The number of aromatic nitrogens is 1. The van der Waals surface area contributed by atoms with Crippen LogP contribution in [0.25, 0.3) is 6.08 Å². The minimum Gasteiger partial charge on any atom is -0.493 e. The smallest absolute Gasteiger partial charge is 0.331 e. The fraction of sp³-hybridized carbons (Fsp3) is 0.500. The largest absolute Gasteiger partial charge is 0.493 e. The number of aryl methyl sites for hydroxylation is 1. The number of hydrogen-bond acceptors (Lipinski definition) is 6. The van der Waals surface area contributed by atoms with Gasteiger partial charge >= 0.3 is 5.97 Å². The number of ether oxygens (including phenoxy) is 3. The number of benzene rings is 2. The molecule has 1 aromatic heterocycles. The minimum absolute atomic E-state index is 0.193. The van der Waals surface area contributed by atoms with Crippen LogP contribution in [-0.4, -0.2) is 37.3 Å². The van der Waals surface area contributed by atoms with E-state index >= 15 is 0 Å². The van der Waals surface area contributed by atoms with Crippen molar-refractivity contribution in [1.29, 1.82) is 0 Å². The molecule has 0 saturated heterocycles. The number of rotatable bonds is 10. The zero-order valence-corrected chi connectivity index (χ0v) is 29.5. The lowest BCUT2D eigenvalue weighted by Gasteiger charge is -2.46. The molecule has 2 atom stereocenters. The van der Waals surface area contributed by atoms with Crippen LogP contribution in [0.3, 0.4) is 0 Å². The number of hydrogen-bond donors (Lipinski definition) is 1. The number of methoxy groups -OCH3 is 2. The molecule has 6 rings (SSSR count). The van der Waals surface area contributed by atoms with Gasteiger partial charge in [0.15, 0.2) is 0 Å². The molecule has 7 heteroatoms.